The van der Waals surface area contributed by atoms with E-state index in [9.17, 15) is 0 Å². The zero-order valence-corrected chi connectivity index (χ0v) is 8.76. The number of nitrogens with zero attached hydrogens (tertiary/aromatic N) is 3. The van der Waals surface area contributed by atoms with E-state index in [4.69, 9.17) is 17.0 Å². The molecule has 74 valence electrons. The van der Waals surface area contributed by atoms with Crippen LogP contribution in [0, 0.1) is 11.6 Å². The Morgan fingerprint density at radius 2 is 2.36 bits per heavy atom. The summed E-state index contributed by atoms with van der Waals surface area (Å²) in [4.78, 5) is 8.47. The molecule has 0 aliphatic heterocycles. The van der Waals surface area contributed by atoms with Gasteiger partial charge in [-0.1, -0.05) is 12.2 Å². The minimum absolute atomic E-state index is 0.428. The van der Waals surface area contributed by atoms with Gasteiger partial charge in [0, 0.05) is 12.8 Å². The molecule has 6 heteroatoms. The van der Waals surface area contributed by atoms with Crippen LogP contribution in [-0.4, -0.2) is 26.7 Å². The van der Waals surface area contributed by atoms with E-state index in [1.54, 1.807) is 11.6 Å². The van der Waals surface area contributed by atoms with Gasteiger partial charge in [0.25, 0.3) is 5.78 Å². The van der Waals surface area contributed by atoms with Gasteiger partial charge in [0.05, 0.1) is 0 Å². The molecule has 0 saturated carbocycles. The number of hydrogen-bond donors (Lipinski definition) is 1. The summed E-state index contributed by atoms with van der Waals surface area (Å²) in [5.74, 6) is 1.30. The summed E-state index contributed by atoms with van der Waals surface area (Å²) in [6, 6.07) is 1.82. The first-order valence-electron chi connectivity index (χ1n) is 4.15. The number of fused-ring (bicyclic) bond motifs is 1. The number of ether oxygens (including phenoxy) is 1. The molecule has 0 spiro atoms. The van der Waals surface area contributed by atoms with E-state index < -0.39 is 0 Å². The molecule has 0 unspecified atom stereocenters. The van der Waals surface area contributed by atoms with E-state index in [-0.39, 0.29) is 0 Å². The number of hydrogen-bond acceptors (Lipinski definition) is 4. The van der Waals surface area contributed by atoms with Gasteiger partial charge < -0.3 is 4.74 Å². The molecule has 2 heterocycles. The monoisotopic (exact) mass is 210 g/mol. The molecule has 0 bridgehead atoms. The Morgan fingerprint density at radius 3 is 3.07 bits per heavy atom. The molecule has 0 saturated heterocycles. The predicted octanol–water partition coefficient (Wildman–Crippen LogP) is 1.24. The summed E-state index contributed by atoms with van der Waals surface area (Å²) in [5.41, 5.74) is 0.866. The maximum absolute atomic E-state index is 5.15. The number of H-pyrrole nitrogens is 1. The van der Waals surface area contributed by atoms with Crippen LogP contribution in [0.3, 0.4) is 0 Å². The van der Waals surface area contributed by atoms with Crippen molar-refractivity contribution in [3.8, 4) is 0 Å². The second-order valence-electron chi connectivity index (χ2n) is 2.97. The molecule has 0 aliphatic carbocycles. The fourth-order valence-corrected chi connectivity index (χ4v) is 1.54. The van der Waals surface area contributed by atoms with Crippen molar-refractivity contribution >= 4 is 18.0 Å². The van der Waals surface area contributed by atoms with Gasteiger partial charge >= 0.3 is 0 Å². The molecule has 14 heavy (non-hydrogen) atoms. The first-order chi connectivity index (χ1) is 6.70. The lowest BCUT2D eigenvalue weighted by atomic mass is 10.5. The SMILES string of the molecule is COCc1nc2nc(C)cc(=S)n2[nH]1. The lowest BCUT2D eigenvalue weighted by Gasteiger charge is -1.93. The van der Waals surface area contributed by atoms with Crippen LogP contribution in [0.5, 0.6) is 0 Å². The van der Waals surface area contributed by atoms with Crippen LogP contribution in [0.4, 0.5) is 0 Å². The first-order valence-corrected chi connectivity index (χ1v) is 4.56. The average molecular weight is 210 g/mol. The molecule has 0 amide bonds. The Balaban J connectivity index is 2.65. The topological polar surface area (TPSA) is 55.2 Å². The smallest absolute Gasteiger partial charge is 0.252 e. The van der Waals surface area contributed by atoms with Crippen LogP contribution in [-0.2, 0) is 11.3 Å². The number of rotatable bonds is 2. The summed E-state index contributed by atoms with van der Waals surface area (Å²) < 4.78 is 7.29. The highest BCUT2D eigenvalue weighted by Crippen LogP contribution is 2.02. The fraction of sp³-hybridized carbons (Fsp3) is 0.375. The Kier molecular flexibility index (Phi) is 2.30. The fourth-order valence-electron chi connectivity index (χ4n) is 1.24. The van der Waals surface area contributed by atoms with E-state index in [2.05, 4.69) is 15.1 Å². The van der Waals surface area contributed by atoms with E-state index in [1.807, 2.05) is 13.0 Å². The molecule has 0 atom stereocenters. The van der Waals surface area contributed by atoms with Gasteiger partial charge in [-0.15, -0.1) is 0 Å². The minimum atomic E-state index is 0.428. The van der Waals surface area contributed by atoms with E-state index in [0.717, 1.165) is 11.5 Å². The van der Waals surface area contributed by atoms with E-state index >= 15 is 0 Å². The molecule has 2 aromatic heterocycles. The molecule has 2 aromatic rings. The zero-order valence-electron chi connectivity index (χ0n) is 7.94. The first kappa shape index (κ1) is 9.29. The maximum atomic E-state index is 5.15. The molecule has 1 N–H and O–H groups in total. The lowest BCUT2D eigenvalue weighted by molar-refractivity contribution is 0.178. The van der Waals surface area contributed by atoms with Gasteiger partial charge in [0.15, 0.2) is 5.82 Å². The molecular weight excluding hydrogens is 200 g/mol. The van der Waals surface area contributed by atoms with Crippen LogP contribution < -0.4 is 0 Å². The third kappa shape index (κ3) is 1.53. The Morgan fingerprint density at radius 1 is 1.57 bits per heavy atom. The van der Waals surface area contributed by atoms with Crippen molar-refractivity contribution in [2.45, 2.75) is 13.5 Å². The molecular formula is C8H10N4OS. The number of aryl methyl sites for hydroxylation is 1. The third-order valence-corrected chi connectivity index (χ3v) is 2.09. The molecule has 0 radical (unpaired) electrons. The van der Waals surface area contributed by atoms with Crippen LogP contribution >= 0.6 is 12.2 Å². The Labute approximate surface area is 85.7 Å². The van der Waals surface area contributed by atoms with E-state index in [1.165, 1.54) is 0 Å². The van der Waals surface area contributed by atoms with Gasteiger partial charge in [0.2, 0.25) is 0 Å². The number of aromatic amines is 1. The van der Waals surface area contributed by atoms with Gasteiger partial charge in [-0.05, 0) is 13.0 Å². The summed E-state index contributed by atoms with van der Waals surface area (Å²) in [7, 11) is 1.62. The van der Waals surface area contributed by atoms with Crippen molar-refractivity contribution in [1.29, 1.82) is 0 Å². The van der Waals surface area contributed by atoms with Gasteiger partial charge in [-0.3, -0.25) is 5.10 Å². The Bertz CT molecular complexity index is 516. The van der Waals surface area contributed by atoms with Gasteiger partial charge in [-0.2, -0.15) is 4.98 Å². The molecule has 0 aromatic carbocycles. The van der Waals surface area contributed by atoms with Crippen molar-refractivity contribution < 1.29 is 4.74 Å². The largest absolute Gasteiger partial charge is 0.377 e. The van der Waals surface area contributed by atoms with Crippen LogP contribution in [0.15, 0.2) is 6.07 Å². The standard InChI is InChI=1S/C8H10N4OS/c1-5-3-7(14)12-8(9-5)10-6(11-12)4-13-2/h3H,4H2,1-2H3,(H,9,10,11). The average Bonchev–Trinajstić information content (AvgIpc) is 2.48. The summed E-state index contributed by atoms with van der Waals surface area (Å²) in [6.07, 6.45) is 0. The van der Waals surface area contributed by atoms with Crippen LogP contribution in [0.1, 0.15) is 11.5 Å². The third-order valence-electron chi connectivity index (χ3n) is 1.79. The predicted molar refractivity (Wildman–Crippen MR) is 53.6 cm³/mol. The summed E-state index contributed by atoms with van der Waals surface area (Å²) >= 11 is 5.15. The summed E-state index contributed by atoms with van der Waals surface area (Å²) in [5, 5.41) is 3.01. The molecule has 0 fully saturated rings. The Hall–Kier alpha value is -1.27. The molecule has 0 aliphatic rings. The van der Waals surface area contributed by atoms with E-state index in [0.29, 0.717) is 17.0 Å². The lowest BCUT2D eigenvalue weighted by Crippen LogP contribution is -1.94. The molecule has 2 rings (SSSR count). The van der Waals surface area contributed by atoms with Gasteiger partial charge in [-0.25, -0.2) is 9.50 Å². The number of methoxy groups -OCH3 is 1. The minimum Gasteiger partial charge on any atom is -0.377 e. The normalized spacial score (nSPS) is 11.0. The zero-order chi connectivity index (χ0) is 10.1. The second-order valence-corrected chi connectivity index (χ2v) is 3.39. The maximum Gasteiger partial charge on any atom is 0.252 e. The van der Waals surface area contributed by atoms with Crippen LogP contribution in [0.25, 0.3) is 5.78 Å². The van der Waals surface area contributed by atoms with Crippen molar-refractivity contribution in [3.63, 3.8) is 0 Å². The quantitative estimate of drug-likeness (QED) is 0.758. The highest BCUT2D eigenvalue weighted by atomic mass is 32.1. The van der Waals surface area contributed by atoms with Crippen LogP contribution in [0.2, 0.25) is 0 Å². The van der Waals surface area contributed by atoms with Crippen molar-refractivity contribution in [2.24, 2.45) is 0 Å². The molecule has 5 nitrogen and oxygen atoms in total. The summed E-state index contributed by atoms with van der Waals surface area (Å²) in [6.45, 7) is 2.32. The highest BCUT2D eigenvalue weighted by molar-refractivity contribution is 7.71. The van der Waals surface area contributed by atoms with Crippen molar-refractivity contribution in [3.05, 3.63) is 22.2 Å². The second kappa shape index (κ2) is 3.47. The van der Waals surface area contributed by atoms with Gasteiger partial charge in [0.1, 0.15) is 11.2 Å². The number of aromatic nitrogens is 4. The van der Waals surface area contributed by atoms with Crippen molar-refractivity contribution in [2.75, 3.05) is 7.11 Å². The number of nitrogens with one attached hydrogen (secondary N) is 1. The van der Waals surface area contributed by atoms with Crippen molar-refractivity contribution in [1.82, 2.24) is 19.6 Å². The highest BCUT2D eigenvalue weighted by Gasteiger charge is 2.03.